The van der Waals surface area contributed by atoms with E-state index in [1.54, 1.807) is 4.68 Å². The molecule has 2 N–H and O–H groups in total. The monoisotopic (exact) mass is 343 g/mol. The van der Waals surface area contributed by atoms with E-state index in [4.69, 9.17) is 5.73 Å². The van der Waals surface area contributed by atoms with Gasteiger partial charge in [-0.15, -0.1) is 5.10 Å². The summed E-state index contributed by atoms with van der Waals surface area (Å²) >= 11 is 3.54. The number of nitrogens with zero attached hydrogens (tertiary/aromatic N) is 4. The van der Waals surface area contributed by atoms with Crippen molar-refractivity contribution in [1.82, 2.24) is 20.2 Å². The molecule has 0 aliphatic heterocycles. The molecule has 0 unspecified atom stereocenters. The zero-order valence-electron chi connectivity index (χ0n) is 11.5. The number of hydrogen-bond donors (Lipinski definition) is 1. The van der Waals surface area contributed by atoms with Gasteiger partial charge in [0.15, 0.2) is 5.82 Å². The van der Waals surface area contributed by atoms with Gasteiger partial charge in [-0.2, -0.15) is 0 Å². The van der Waals surface area contributed by atoms with Gasteiger partial charge < -0.3 is 5.73 Å². The molecule has 0 radical (unpaired) electrons. The Morgan fingerprint density at radius 3 is 2.76 bits per heavy atom. The average molecular weight is 344 g/mol. The molecule has 0 atom stereocenters. The standard InChI is InChI=1S/C15H14BrN5/c1-10-5-4-7-12(14(10)17)15-18-19-20-21(15)9-11-6-2-3-8-13(11)16/h2-8H,9,17H2,1H3. The van der Waals surface area contributed by atoms with Crippen LogP contribution >= 0.6 is 15.9 Å². The largest absolute Gasteiger partial charge is 0.398 e. The highest BCUT2D eigenvalue weighted by molar-refractivity contribution is 9.10. The van der Waals surface area contributed by atoms with Crippen molar-refractivity contribution in [2.45, 2.75) is 13.5 Å². The number of aromatic nitrogens is 4. The molecule has 0 saturated carbocycles. The maximum absolute atomic E-state index is 6.15. The van der Waals surface area contributed by atoms with Gasteiger partial charge in [0.05, 0.1) is 6.54 Å². The highest BCUT2D eigenvalue weighted by Gasteiger charge is 2.13. The number of para-hydroxylation sites is 1. The van der Waals surface area contributed by atoms with E-state index in [1.165, 1.54) is 0 Å². The first-order chi connectivity index (χ1) is 10.2. The Morgan fingerprint density at radius 2 is 1.95 bits per heavy atom. The van der Waals surface area contributed by atoms with Crippen molar-refractivity contribution in [3.05, 3.63) is 58.1 Å². The Morgan fingerprint density at radius 1 is 1.14 bits per heavy atom. The van der Waals surface area contributed by atoms with Crippen LogP contribution in [0.25, 0.3) is 11.4 Å². The molecule has 0 fully saturated rings. The molecule has 1 aromatic heterocycles. The minimum Gasteiger partial charge on any atom is -0.398 e. The number of nitrogens with two attached hydrogens (primary N) is 1. The third kappa shape index (κ3) is 2.67. The van der Waals surface area contributed by atoms with Crippen LogP contribution in [0.5, 0.6) is 0 Å². The lowest BCUT2D eigenvalue weighted by atomic mass is 10.1. The van der Waals surface area contributed by atoms with Crippen LogP contribution in [0.3, 0.4) is 0 Å². The maximum Gasteiger partial charge on any atom is 0.184 e. The summed E-state index contributed by atoms with van der Waals surface area (Å²) < 4.78 is 2.79. The van der Waals surface area contributed by atoms with Crippen LogP contribution in [0.2, 0.25) is 0 Å². The van der Waals surface area contributed by atoms with E-state index in [-0.39, 0.29) is 0 Å². The minimum absolute atomic E-state index is 0.580. The first kappa shape index (κ1) is 13.8. The first-order valence-corrected chi connectivity index (χ1v) is 7.31. The number of halogens is 1. The normalized spacial score (nSPS) is 10.8. The van der Waals surface area contributed by atoms with Crippen LogP contribution < -0.4 is 5.73 Å². The second-order valence-electron chi connectivity index (χ2n) is 4.79. The van der Waals surface area contributed by atoms with Gasteiger partial charge in [-0.3, -0.25) is 0 Å². The molecule has 106 valence electrons. The smallest absolute Gasteiger partial charge is 0.184 e. The second-order valence-corrected chi connectivity index (χ2v) is 5.64. The van der Waals surface area contributed by atoms with E-state index >= 15 is 0 Å². The summed E-state index contributed by atoms with van der Waals surface area (Å²) in [7, 11) is 0. The van der Waals surface area contributed by atoms with E-state index in [9.17, 15) is 0 Å². The summed E-state index contributed by atoms with van der Waals surface area (Å²) in [5, 5.41) is 12.0. The number of aryl methyl sites for hydroxylation is 1. The van der Waals surface area contributed by atoms with Crippen LogP contribution in [0.4, 0.5) is 5.69 Å². The van der Waals surface area contributed by atoms with Crippen molar-refractivity contribution < 1.29 is 0 Å². The Labute approximate surface area is 130 Å². The van der Waals surface area contributed by atoms with Crippen molar-refractivity contribution >= 4 is 21.6 Å². The Kier molecular flexibility index (Phi) is 3.70. The lowest BCUT2D eigenvalue weighted by molar-refractivity contribution is 0.652. The molecule has 5 nitrogen and oxygen atoms in total. The number of tetrazole rings is 1. The van der Waals surface area contributed by atoms with Gasteiger partial charge in [0, 0.05) is 15.7 Å². The molecule has 2 aromatic carbocycles. The quantitative estimate of drug-likeness (QED) is 0.742. The van der Waals surface area contributed by atoms with E-state index in [1.807, 2.05) is 49.4 Å². The Bertz CT molecular complexity index is 781. The predicted molar refractivity (Wildman–Crippen MR) is 85.6 cm³/mol. The molecule has 21 heavy (non-hydrogen) atoms. The van der Waals surface area contributed by atoms with E-state index < -0.39 is 0 Å². The summed E-state index contributed by atoms with van der Waals surface area (Å²) in [5.74, 6) is 0.673. The second kappa shape index (κ2) is 5.65. The molecule has 1 heterocycles. The number of benzene rings is 2. The molecule has 6 heteroatoms. The zero-order valence-corrected chi connectivity index (χ0v) is 13.1. The maximum atomic E-state index is 6.15. The number of nitrogen functional groups attached to an aromatic ring is 1. The fraction of sp³-hybridized carbons (Fsp3) is 0.133. The molecule has 3 aromatic rings. The SMILES string of the molecule is Cc1cccc(-c2nnnn2Cc2ccccc2Br)c1N. The Balaban J connectivity index is 2.02. The van der Waals surface area contributed by atoms with Crippen molar-refractivity contribution in [3.63, 3.8) is 0 Å². The number of hydrogen-bond acceptors (Lipinski definition) is 4. The van der Waals surface area contributed by atoms with Gasteiger partial charge in [0.2, 0.25) is 0 Å². The van der Waals surface area contributed by atoms with Crippen molar-refractivity contribution in [1.29, 1.82) is 0 Å². The highest BCUT2D eigenvalue weighted by Crippen LogP contribution is 2.27. The zero-order chi connectivity index (χ0) is 14.8. The fourth-order valence-electron chi connectivity index (χ4n) is 2.17. The van der Waals surface area contributed by atoms with E-state index in [0.29, 0.717) is 18.1 Å². The third-order valence-corrected chi connectivity index (χ3v) is 4.15. The van der Waals surface area contributed by atoms with E-state index in [0.717, 1.165) is 21.2 Å². The van der Waals surface area contributed by atoms with Gasteiger partial charge in [0.25, 0.3) is 0 Å². The topological polar surface area (TPSA) is 69.6 Å². The molecule has 0 bridgehead atoms. The number of rotatable bonds is 3. The highest BCUT2D eigenvalue weighted by atomic mass is 79.9. The predicted octanol–water partition coefficient (Wildman–Crippen LogP) is 3.04. The van der Waals surface area contributed by atoms with Gasteiger partial charge in [-0.1, -0.05) is 46.3 Å². The average Bonchev–Trinajstić information content (AvgIpc) is 2.92. The summed E-state index contributed by atoms with van der Waals surface area (Å²) in [5.41, 5.74) is 9.84. The van der Waals surface area contributed by atoms with Gasteiger partial charge in [-0.25, -0.2) is 4.68 Å². The van der Waals surface area contributed by atoms with Gasteiger partial charge in [0.1, 0.15) is 0 Å². The molecule has 0 saturated heterocycles. The van der Waals surface area contributed by atoms with Crippen molar-refractivity contribution in [3.8, 4) is 11.4 Å². The molecular formula is C15H14BrN5. The molecule has 0 spiro atoms. The van der Waals surface area contributed by atoms with Crippen LogP contribution in [0.1, 0.15) is 11.1 Å². The van der Waals surface area contributed by atoms with E-state index in [2.05, 4.69) is 31.5 Å². The first-order valence-electron chi connectivity index (χ1n) is 6.52. The molecule has 0 amide bonds. The fourth-order valence-corrected chi connectivity index (χ4v) is 2.58. The summed E-state index contributed by atoms with van der Waals surface area (Å²) in [6.45, 7) is 2.55. The summed E-state index contributed by atoms with van der Waals surface area (Å²) in [6, 6.07) is 13.9. The van der Waals surface area contributed by atoms with Crippen LogP contribution in [-0.4, -0.2) is 20.2 Å². The summed E-state index contributed by atoms with van der Waals surface area (Å²) in [6.07, 6.45) is 0. The molecule has 0 aliphatic rings. The lowest BCUT2D eigenvalue weighted by Gasteiger charge is -2.09. The minimum atomic E-state index is 0.580. The molecule has 0 aliphatic carbocycles. The van der Waals surface area contributed by atoms with Crippen molar-refractivity contribution in [2.75, 3.05) is 5.73 Å². The van der Waals surface area contributed by atoms with Crippen LogP contribution in [0.15, 0.2) is 46.9 Å². The molecular weight excluding hydrogens is 330 g/mol. The van der Waals surface area contributed by atoms with Crippen molar-refractivity contribution in [2.24, 2.45) is 0 Å². The van der Waals surface area contributed by atoms with Gasteiger partial charge >= 0.3 is 0 Å². The summed E-state index contributed by atoms with van der Waals surface area (Å²) in [4.78, 5) is 0. The third-order valence-electron chi connectivity index (χ3n) is 3.37. The van der Waals surface area contributed by atoms with Crippen LogP contribution in [-0.2, 0) is 6.54 Å². The van der Waals surface area contributed by atoms with Gasteiger partial charge in [-0.05, 0) is 40.6 Å². The lowest BCUT2D eigenvalue weighted by Crippen LogP contribution is -2.06. The number of anilines is 1. The molecule has 3 rings (SSSR count). The van der Waals surface area contributed by atoms with Crippen LogP contribution in [0, 0.1) is 6.92 Å². The Hall–Kier alpha value is -2.21.